The third-order valence-electron chi connectivity index (χ3n) is 1.87. The highest BCUT2D eigenvalue weighted by Gasteiger charge is 2.24. The van der Waals surface area contributed by atoms with E-state index in [1.54, 1.807) is 0 Å². The fraction of sp³-hybridized carbons (Fsp3) is 0.250. The Morgan fingerprint density at radius 3 is 2.53 bits per heavy atom. The standard InChI is InChI=1S/C8H10BrN3O6S/c9-6-5(3-4(18-6)7(13)14)19(16,17)12-2-1-11-8(10)15/h3,12H,1-2H2,(H,13,14)(H3,10,11,15). The van der Waals surface area contributed by atoms with Crippen LogP contribution in [0.2, 0.25) is 0 Å². The molecule has 106 valence electrons. The third-order valence-corrected chi connectivity index (χ3v) is 4.19. The van der Waals surface area contributed by atoms with Crippen LogP contribution in [0.1, 0.15) is 10.6 Å². The number of carbonyl (C=O) groups is 2. The average Bonchev–Trinajstić information content (AvgIpc) is 2.67. The van der Waals surface area contributed by atoms with Crippen LogP contribution in [0.4, 0.5) is 4.79 Å². The van der Waals surface area contributed by atoms with E-state index < -0.39 is 27.8 Å². The van der Waals surface area contributed by atoms with E-state index in [1.165, 1.54) is 0 Å². The van der Waals surface area contributed by atoms with Gasteiger partial charge in [-0.2, -0.15) is 0 Å². The number of amides is 2. The number of urea groups is 1. The van der Waals surface area contributed by atoms with Crippen molar-refractivity contribution in [1.29, 1.82) is 0 Å². The van der Waals surface area contributed by atoms with Crippen LogP contribution in [-0.2, 0) is 10.0 Å². The molecule has 11 heteroatoms. The van der Waals surface area contributed by atoms with Crippen molar-refractivity contribution in [3.05, 3.63) is 16.5 Å². The molecule has 0 aliphatic rings. The zero-order valence-electron chi connectivity index (χ0n) is 9.34. The van der Waals surface area contributed by atoms with Gasteiger partial charge in [-0.15, -0.1) is 0 Å². The van der Waals surface area contributed by atoms with E-state index in [2.05, 4.69) is 26.0 Å². The minimum atomic E-state index is -3.95. The number of nitrogens with one attached hydrogen (secondary N) is 2. The summed E-state index contributed by atoms with van der Waals surface area (Å²) in [4.78, 5) is 20.7. The van der Waals surface area contributed by atoms with Gasteiger partial charge in [-0.3, -0.25) is 0 Å². The largest absolute Gasteiger partial charge is 0.475 e. The second-order valence-corrected chi connectivity index (χ2v) is 5.70. The molecule has 0 aliphatic heterocycles. The summed E-state index contributed by atoms with van der Waals surface area (Å²) < 4.78 is 30.2. The quantitative estimate of drug-likeness (QED) is 0.513. The molecule has 0 radical (unpaired) electrons. The molecule has 0 unspecified atom stereocenters. The van der Waals surface area contributed by atoms with Crippen LogP contribution >= 0.6 is 15.9 Å². The maximum Gasteiger partial charge on any atom is 0.371 e. The molecule has 0 saturated heterocycles. The molecule has 9 nitrogen and oxygen atoms in total. The third kappa shape index (κ3) is 4.22. The summed E-state index contributed by atoms with van der Waals surface area (Å²) in [6.07, 6.45) is 0. The Morgan fingerprint density at radius 1 is 1.42 bits per heavy atom. The summed E-state index contributed by atoms with van der Waals surface area (Å²) >= 11 is 2.81. The molecule has 0 fully saturated rings. The fourth-order valence-corrected chi connectivity index (χ4v) is 3.06. The zero-order valence-corrected chi connectivity index (χ0v) is 11.7. The SMILES string of the molecule is NC(=O)NCCNS(=O)(=O)c1cc(C(=O)O)oc1Br. The molecule has 0 saturated carbocycles. The lowest BCUT2D eigenvalue weighted by atomic mass is 10.5. The topological polar surface area (TPSA) is 152 Å². The van der Waals surface area contributed by atoms with Gasteiger partial charge >= 0.3 is 12.0 Å². The number of carboxylic acid groups (broad SMARTS) is 1. The monoisotopic (exact) mass is 355 g/mol. The van der Waals surface area contributed by atoms with E-state index in [-0.39, 0.29) is 22.7 Å². The van der Waals surface area contributed by atoms with Crippen molar-refractivity contribution in [2.45, 2.75) is 4.90 Å². The molecule has 0 atom stereocenters. The summed E-state index contributed by atoms with van der Waals surface area (Å²) in [7, 11) is -3.95. The molecule has 1 aromatic rings. The number of hydrogen-bond donors (Lipinski definition) is 4. The second kappa shape index (κ2) is 6.04. The number of furan rings is 1. The van der Waals surface area contributed by atoms with Crippen molar-refractivity contribution in [2.75, 3.05) is 13.1 Å². The minimum absolute atomic E-state index is 0.00415. The summed E-state index contributed by atoms with van der Waals surface area (Å²) in [5.74, 6) is -1.90. The van der Waals surface area contributed by atoms with Crippen molar-refractivity contribution in [1.82, 2.24) is 10.0 Å². The maximum atomic E-state index is 11.8. The highest BCUT2D eigenvalue weighted by atomic mass is 79.9. The van der Waals surface area contributed by atoms with E-state index in [9.17, 15) is 18.0 Å². The van der Waals surface area contributed by atoms with E-state index in [0.717, 1.165) is 6.07 Å². The number of sulfonamides is 1. The zero-order chi connectivity index (χ0) is 14.6. The highest BCUT2D eigenvalue weighted by molar-refractivity contribution is 9.10. The molecule has 1 rings (SSSR count). The second-order valence-electron chi connectivity index (χ2n) is 3.24. The minimum Gasteiger partial charge on any atom is -0.475 e. The lowest BCUT2D eigenvalue weighted by Crippen LogP contribution is -2.37. The Bertz CT molecular complexity index is 596. The van der Waals surface area contributed by atoms with Gasteiger partial charge in [-0.05, 0) is 15.9 Å². The van der Waals surface area contributed by atoms with E-state index in [4.69, 9.17) is 15.3 Å². The first-order valence-electron chi connectivity index (χ1n) is 4.79. The van der Waals surface area contributed by atoms with Crippen LogP contribution in [0.15, 0.2) is 20.0 Å². The molecule has 1 aromatic heterocycles. The Kier molecular flexibility index (Phi) is 4.91. The summed E-state index contributed by atoms with van der Waals surface area (Å²) in [5, 5.41) is 10.9. The molecule has 0 aliphatic carbocycles. The molecule has 0 bridgehead atoms. The summed E-state index contributed by atoms with van der Waals surface area (Å²) in [5.41, 5.74) is 4.80. The highest BCUT2D eigenvalue weighted by Crippen LogP contribution is 2.25. The fourth-order valence-electron chi connectivity index (χ4n) is 1.09. The van der Waals surface area contributed by atoms with Crippen molar-refractivity contribution in [3.63, 3.8) is 0 Å². The van der Waals surface area contributed by atoms with Crippen LogP contribution in [0.25, 0.3) is 0 Å². The van der Waals surface area contributed by atoms with Crippen molar-refractivity contribution in [3.8, 4) is 0 Å². The lowest BCUT2D eigenvalue weighted by molar-refractivity contribution is 0.0661. The molecule has 5 N–H and O–H groups in total. The number of nitrogens with two attached hydrogens (primary N) is 1. The molecule has 0 aromatic carbocycles. The van der Waals surface area contributed by atoms with Gasteiger partial charge in [0.1, 0.15) is 4.90 Å². The van der Waals surface area contributed by atoms with Gasteiger partial charge in [0.25, 0.3) is 0 Å². The smallest absolute Gasteiger partial charge is 0.371 e. The normalized spacial score (nSPS) is 11.2. The predicted octanol–water partition coefficient (Wildman–Crippen LogP) is -0.313. The summed E-state index contributed by atoms with van der Waals surface area (Å²) in [6, 6.07) is 0.0906. The Balaban J connectivity index is 2.77. The number of primary amides is 1. The van der Waals surface area contributed by atoms with Gasteiger partial charge in [-0.25, -0.2) is 22.7 Å². The van der Waals surface area contributed by atoms with Gasteiger partial charge < -0.3 is 20.6 Å². The molecule has 19 heavy (non-hydrogen) atoms. The van der Waals surface area contributed by atoms with Crippen molar-refractivity contribution >= 4 is 38.0 Å². The molecular formula is C8H10BrN3O6S. The van der Waals surface area contributed by atoms with Crippen molar-refractivity contribution < 1.29 is 27.5 Å². The van der Waals surface area contributed by atoms with Gasteiger partial charge in [0.05, 0.1) is 0 Å². The number of rotatable bonds is 6. The number of hydrogen-bond acceptors (Lipinski definition) is 5. The van der Waals surface area contributed by atoms with Gasteiger partial charge in [0, 0.05) is 19.2 Å². The lowest BCUT2D eigenvalue weighted by Gasteiger charge is -2.05. The van der Waals surface area contributed by atoms with E-state index >= 15 is 0 Å². The van der Waals surface area contributed by atoms with Crippen LogP contribution in [0, 0.1) is 0 Å². The molecular weight excluding hydrogens is 346 g/mol. The molecule has 1 heterocycles. The van der Waals surface area contributed by atoms with Crippen LogP contribution in [0.3, 0.4) is 0 Å². The van der Waals surface area contributed by atoms with Crippen LogP contribution < -0.4 is 15.8 Å². The van der Waals surface area contributed by atoms with E-state index in [0.29, 0.717) is 0 Å². The first-order chi connectivity index (χ1) is 8.74. The average molecular weight is 356 g/mol. The predicted molar refractivity (Wildman–Crippen MR) is 66.1 cm³/mol. The molecule has 2 amide bonds. The van der Waals surface area contributed by atoms with Gasteiger partial charge in [-0.1, -0.05) is 0 Å². The maximum absolute atomic E-state index is 11.8. The Hall–Kier alpha value is -1.59. The van der Waals surface area contributed by atoms with Gasteiger partial charge in [0.15, 0.2) is 4.67 Å². The number of carboxylic acids is 1. The Labute approximate surface area is 116 Å². The number of halogens is 1. The number of carbonyl (C=O) groups excluding carboxylic acids is 1. The first-order valence-corrected chi connectivity index (χ1v) is 7.07. The van der Waals surface area contributed by atoms with Gasteiger partial charge in [0.2, 0.25) is 15.8 Å². The first kappa shape index (κ1) is 15.5. The summed E-state index contributed by atoms with van der Waals surface area (Å²) in [6.45, 7) is -0.110. The Morgan fingerprint density at radius 2 is 2.05 bits per heavy atom. The molecule has 0 spiro atoms. The van der Waals surface area contributed by atoms with Crippen LogP contribution in [-0.4, -0.2) is 38.6 Å². The number of aromatic carboxylic acids is 1. The van der Waals surface area contributed by atoms with E-state index in [1.807, 2.05) is 0 Å². The van der Waals surface area contributed by atoms with Crippen molar-refractivity contribution in [2.24, 2.45) is 5.73 Å². The van der Waals surface area contributed by atoms with Crippen LogP contribution in [0.5, 0.6) is 0 Å².